The molecule has 5 heteroatoms. The summed E-state index contributed by atoms with van der Waals surface area (Å²) >= 11 is 0. The number of amides is 1. The second-order valence-electron chi connectivity index (χ2n) is 4.44. The number of hydrogen-bond donors (Lipinski definition) is 1. The van der Waals surface area contributed by atoms with Gasteiger partial charge in [0.2, 0.25) is 5.91 Å². The fourth-order valence-electron chi connectivity index (χ4n) is 1.89. The van der Waals surface area contributed by atoms with Crippen molar-refractivity contribution in [2.24, 2.45) is 5.73 Å². The van der Waals surface area contributed by atoms with Crippen LogP contribution in [-0.2, 0) is 11.2 Å². The Kier molecular flexibility index (Phi) is 6.81. The maximum absolute atomic E-state index is 12.2. The van der Waals surface area contributed by atoms with Crippen LogP contribution in [0.2, 0.25) is 0 Å². The molecule has 1 atom stereocenters. The van der Waals surface area contributed by atoms with E-state index in [1.165, 1.54) is 4.90 Å². The first-order valence-corrected chi connectivity index (χ1v) is 6.51. The second-order valence-corrected chi connectivity index (χ2v) is 4.44. The largest absolute Gasteiger partial charge is 0.339 e. The summed E-state index contributed by atoms with van der Waals surface area (Å²) in [6.07, 6.45) is 0.944. The SMILES string of the molecule is N#CCCN(CCC#N)C(=O)C(N)Cc1ccccc1. The number of nitrogens with zero attached hydrogens (tertiary/aromatic N) is 3. The Morgan fingerprint density at radius 1 is 1.15 bits per heavy atom. The number of carbonyl (C=O) groups is 1. The Hall–Kier alpha value is -2.37. The lowest BCUT2D eigenvalue weighted by atomic mass is 10.1. The summed E-state index contributed by atoms with van der Waals surface area (Å²) in [5.41, 5.74) is 6.93. The first-order valence-electron chi connectivity index (χ1n) is 6.51. The van der Waals surface area contributed by atoms with E-state index in [0.717, 1.165) is 5.56 Å². The van der Waals surface area contributed by atoms with Gasteiger partial charge in [0.15, 0.2) is 0 Å². The highest BCUT2D eigenvalue weighted by Crippen LogP contribution is 2.05. The molecule has 0 bridgehead atoms. The van der Waals surface area contributed by atoms with Gasteiger partial charge < -0.3 is 10.6 Å². The minimum Gasteiger partial charge on any atom is -0.339 e. The summed E-state index contributed by atoms with van der Waals surface area (Å²) in [5, 5.41) is 17.2. The molecule has 0 saturated heterocycles. The highest BCUT2D eigenvalue weighted by atomic mass is 16.2. The molecule has 104 valence electrons. The highest BCUT2D eigenvalue weighted by Gasteiger charge is 2.20. The van der Waals surface area contributed by atoms with Crippen LogP contribution in [0.25, 0.3) is 0 Å². The molecule has 20 heavy (non-hydrogen) atoms. The molecule has 0 aliphatic rings. The van der Waals surface area contributed by atoms with Gasteiger partial charge in [-0.1, -0.05) is 30.3 Å². The van der Waals surface area contributed by atoms with Crippen LogP contribution in [0.15, 0.2) is 30.3 Å². The van der Waals surface area contributed by atoms with Crippen molar-refractivity contribution in [2.75, 3.05) is 13.1 Å². The summed E-state index contributed by atoms with van der Waals surface area (Å²) in [6.45, 7) is 0.638. The van der Waals surface area contributed by atoms with Gasteiger partial charge in [-0.15, -0.1) is 0 Å². The topological polar surface area (TPSA) is 93.9 Å². The quantitative estimate of drug-likeness (QED) is 0.805. The van der Waals surface area contributed by atoms with Gasteiger partial charge in [-0.25, -0.2) is 0 Å². The summed E-state index contributed by atoms with van der Waals surface area (Å²) in [7, 11) is 0. The minimum atomic E-state index is -0.644. The van der Waals surface area contributed by atoms with Crippen molar-refractivity contribution in [3.05, 3.63) is 35.9 Å². The number of rotatable bonds is 7. The molecular formula is C15H18N4O. The van der Waals surface area contributed by atoms with Crippen molar-refractivity contribution in [3.63, 3.8) is 0 Å². The third-order valence-corrected chi connectivity index (χ3v) is 2.91. The smallest absolute Gasteiger partial charge is 0.239 e. The van der Waals surface area contributed by atoms with Gasteiger partial charge in [-0.2, -0.15) is 10.5 Å². The lowest BCUT2D eigenvalue weighted by Gasteiger charge is -2.24. The average Bonchev–Trinajstić information content (AvgIpc) is 2.48. The summed E-state index contributed by atoms with van der Waals surface area (Å²) < 4.78 is 0. The molecule has 1 rings (SSSR count). The molecular weight excluding hydrogens is 252 g/mol. The Balaban J connectivity index is 2.63. The Bertz CT molecular complexity index is 483. The average molecular weight is 270 g/mol. The van der Waals surface area contributed by atoms with Gasteiger partial charge in [0.25, 0.3) is 0 Å². The van der Waals surface area contributed by atoms with Crippen molar-refractivity contribution in [1.29, 1.82) is 10.5 Å². The maximum Gasteiger partial charge on any atom is 0.239 e. The van der Waals surface area contributed by atoms with Crippen LogP contribution in [0.3, 0.4) is 0 Å². The normalized spacial score (nSPS) is 11.2. The Morgan fingerprint density at radius 3 is 2.20 bits per heavy atom. The first-order chi connectivity index (χ1) is 9.69. The standard InChI is InChI=1S/C15H18N4O/c16-8-4-10-19(11-5-9-17)15(20)14(18)12-13-6-2-1-3-7-13/h1-3,6-7,14H,4-5,10-12,18H2. The molecule has 1 aromatic rings. The van der Waals surface area contributed by atoms with Crippen molar-refractivity contribution in [1.82, 2.24) is 4.90 Å². The number of carbonyl (C=O) groups excluding carboxylic acids is 1. The van der Waals surface area contributed by atoms with Crippen molar-refractivity contribution in [2.45, 2.75) is 25.3 Å². The van der Waals surface area contributed by atoms with E-state index in [4.69, 9.17) is 16.3 Å². The zero-order valence-corrected chi connectivity index (χ0v) is 11.3. The summed E-state index contributed by atoms with van der Waals surface area (Å²) in [6, 6.07) is 12.9. The molecule has 0 spiro atoms. The molecule has 1 unspecified atom stereocenters. The maximum atomic E-state index is 12.2. The molecule has 0 radical (unpaired) electrons. The van der Waals surface area contributed by atoms with E-state index in [0.29, 0.717) is 19.5 Å². The molecule has 1 aromatic carbocycles. The summed E-state index contributed by atoms with van der Waals surface area (Å²) in [4.78, 5) is 13.7. The van der Waals surface area contributed by atoms with E-state index in [1.54, 1.807) is 0 Å². The predicted molar refractivity (Wildman–Crippen MR) is 75.2 cm³/mol. The van der Waals surface area contributed by atoms with Crippen LogP contribution in [0.1, 0.15) is 18.4 Å². The van der Waals surface area contributed by atoms with Gasteiger partial charge in [0.1, 0.15) is 0 Å². The molecule has 0 aliphatic carbocycles. The number of hydrogen-bond acceptors (Lipinski definition) is 4. The highest BCUT2D eigenvalue weighted by molar-refractivity contribution is 5.82. The second kappa shape index (κ2) is 8.68. The van der Waals surface area contributed by atoms with Gasteiger partial charge in [-0.05, 0) is 12.0 Å². The van der Waals surface area contributed by atoms with E-state index in [-0.39, 0.29) is 18.7 Å². The lowest BCUT2D eigenvalue weighted by Crippen LogP contribution is -2.45. The molecule has 0 aliphatic heterocycles. The van der Waals surface area contributed by atoms with E-state index in [9.17, 15) is 4.79 Å². The number of benzene rings is 1. The molecule has 5 nitrogen and oxygen atoms in total. The lowest BCUT2D eigenvalue weighted by molar-refractivity contribution is -0.132. The molecule has 0 fully saturated rings. The monoisotopic (exact) mass is 270 g/mol. The van der Waals surface area contributed by atoms with E-state index < -0.39 is 6.04 Å². The van der Waals surface area contributed by atoms with Gasteiger partial charge in [-0.3, -0.25) is 4.79 Å². The number of nitrogens with two attached hydrogens (primary N) is 1. The van der Waals surface area contributed by atoms with Crippen LogP contribution < -0.4 is 5.73 Å². The van der Waals surface area contributed by atoms with Gasteiger partial charge in [0.05, 0.1) is 31.0 Å². The fraction of sp³-hybridized carbons (Fsp3) is 0.400. The van der Waals surface area contributed by atoms with Crippen LogP contribution in [0, 0.1) is 22.7 Å². The molecule has 0 aromatic heterocycles. The summed E-state index contributed by atoms with van der Waals surface area (Å²) in [5.74, 6) is -0.209. The minimum absolute atomic E-state index is 0.209. The predicted octanol–water partition coefficient (Wildman–Crippen LogP) is 1.21. The van der Waals surface area contributed by atoms with E-state index >= 15 is 0 Å². The molecule has 2 N–H and O–H groups in total. The van der Waals surface area contributed by atoms with Gasteiger partial charge >= 0.3 is 0 Å². The number of nitriles is 2. The third-order valence-electron chi connectivity index (χ3n) is 2.91. The fourth-order valence-corrected chi connectivity index (χ4v) is 1.89. The molecule has 0 heterocycles. The van der Waals surface area contributed by atoms with E-state index in [1.807, 2.05) is 42.5 Å². The zero-order chi connectivity index (χ0) is 14.8. The van der Waals surface area contributed by atoms with Crippen LogP contribution in [0.4, 0.5) is 0 Å². The van der Waals surface area contributed by atoms with Gasteiger partial charge in [0, 0.05) is 13.1 Å². The molecule has 1 amide bonds. The van der Waals surface area contributed by atoms with Crippen LogP contribution in [-0.4, -0.2) is 29.9 Å². The Morgan fingerprint density at radius 2 is 1.70 bits per heavy atom. The third kappa shape index (κ3) is 5.09. The van der Waals surface area contributed by atoms with E-state index in [2.05, 4.69) is 0 Å². The van der Waals surface area contributed by atoms with Crippen molar-refractivity contribution < 1.29 is 4.79 Å². The van der Waals surface area contributed by atoms with Crippen molar-refractivity contribution in [3.8, 4) is 12.1 Å². The zero-order valence-electron chi connectivity index (χ0n) is 11.3. The van der Waals surface area contributed by atoms with Crippen LogP contribution in [0.5, 0.6) is 0 Å². The van der Waals surface area contributed by atoms with Crippen molar-refractivity contribution >= 4 is 5.91 Å². The molecule has 0 saturated carbocycles. The first kappa shape index (κ1) is 15.7. The van der Waals surface area contributed by atoms with Crippen LogP contribution >= 0.6 is 0 Å². The Labute approximate surface area is 119 Å².